The fourth-order valence-electron chi connectivity index (χ4n) is 1.63. The molecule has 2 unspecified atom stereocenters. The Morgan fingerprint density at radius 2 is 2.05 bits per heavy atom. The van der Waals surface area contributed by atoms with Crippen LogP contribution in [0.1, 0.15) is 38.8 Å². The van der Waals surface area contributed by atoms with Crippen LogP contribution in [-0.4, -0.2) is 12.5 Å². The fraction of sp³-hybridized carbons (Fsp3) is 0.500. The second-order valence-electron chi connectivity index (χ2n) is 4.99. The summed E-state index contributed by atoms with van der Waals surface area (Å²) in [5.74, 6) is -0.0453. The first-order chi connectivity index (χ1) is 8.84. The van der Waals surface area contributed by atoms with Crippen LogP contribution >= 0.6 is 23.2 Å². The molecule has 1 aromatic carbocycles. The summed E-state index contributed by atoms with van der Waals surface area (Å²) in [4.78, 5) is 12.2. The van der Waals surface area contributed by atoms with Gasteiger partial charge in [-0.05, 0) is 38.0 Å². The van der Waals surface area contributed by atoms with Crippen molar-refractivity contribution in [2.45, 2.75) is 33.2 Å². The molecular weight excluding hydrogens is 283 g/mol. The fourth-order valence-corrected chi connectivity index (χ4v) is 1.94. The molecule has 0 aliphatic carbocycles. The maximum atomic E-state index is 12.2. The van der Waals surface area contributed by atoms with Crippen molar-refractivity contribution in [1.82, 2.24) is 5.32 Å². The molecule has 106 valence electrons. The van der Waals surface area contributed by atoms with Crippen LogP contribution < -0.4 is 11.1 Å². The average Bonchev–Trinajstić information content (AvgIpc) is 2.40. The minimum absolute atomic E-state index is 0.0453. The van der Waals surface area contributed by atoms with Crippen LogP contribution in [0.2, 0.25) is 10.0 Å². The number of nitrogens with two attached hydrogens (primary N) is 1. The number of hydrogen-bond acceptors (Lipinski definition) is 2. The van der Waals surface area contributed by atoms with Crippen molar-refractivity contribution in [2.75, 3.05) is 6.54 Å². The van der Waals surface area contributed by atoms with Crippen LogP contribution in [0.5, 0.6) is 0 Å². The second kappa shape index (κ2) is 6.60. The van der Waals surface area contributed by atoms with E-state index in [-0.39, 0.29) is 11.9 Å². The number of hydrogen-bond donors (Lipinski definition) is 2. The minimum atomic E-state index is -0.537. The Balaban J connectivity index is 2.82. The predicted molar refractivity (Wildman–Crippen MR) is 80.5 cm³/mol. The van der Waals surface area contributed by atoms with Gasteiger partial charge < -0.3 is 11.1 Å². The summed E-state index contributed by atoms with van der Waals surface area (Å²) in [5, 5.41) is 3.95. The molecule has 1 aromatic rings. The highest BCUT2D eigenvalue weighted by Crippen LogP contribution is 2.27. The minimum Gasteiger partial charge on any atom is -0.349 e. The Kier molecular flexibility index (Phi) is 5.65. The van der Waals surface area contributed by atoms with Crippen molar-refractivity contribution in [3.8, 4) is 0 Å². The Hall–Kier alpha value is -0.770. The van der Waals surface area contributed by atoms with Crippen LogP contribution in [0.4, 0.5) is 0 Å². The van der Waals surface area contributed by atoms with Gasteiger partial charge in [0.05, 0.1) is 21.5 Å². The quantitative estimate of drug-likeness (QED) is 0.874. The van der Waals surface area contributed by atoms with Gasteiger partial charge >= 0.3 is 0 Å². The third-order valence-corrected chi connectivity index (χ3v) is 4.31. The molecule has 0 aromatic heterocycles. The number of amides is 1. The molecular formula is C14H20Cl2N2O. The highest BCUT2D eigenvalue weighted by atomic mass is 35.5. The molecule has 0 fully saturated rings. The van der Waals surface area contributed by atoms with Gasteiger partial charge in [-0.3, -0.25) is 4.79 Å². The van der Waals surface area contributed by atoms with Crippen molar-refractivity contribution < 1.29 is 4.79 Å². The lowest BCUT2D eigenvalue weighted by molar-refractivity contribution is -0.130. The first-order valence-electron chi connectivity index (χ1n) is 6.30. The van der Waals surface area contributed by atoms with Gasteiger partial charge in [0.1, 0.15) is 0 Å². The van der Waals surface area contributed by atoms with Crippen LogP contribution in [-0.2, 0) is 4.79 Å². The number of carbonyl (C=O) groups is 1. The zero-order valence-electron chi connectivity index (χ0n) is 11.5. The molecule has 1 rings (SSSR count). The lowest BCUT2D eigenvalue weighted by Crippen LogP contribution is -2.44. The van der Waals surface area contributed by atoms with E-state index < -0.39 is 5.41 Å². The SMILES string of the molecule is CCC(C)(CN)C(=O)NC(C)c1ccc(Cl)c(Cl)c1. The van der Waals surface area contributed by atoms with Crippen molar-refractivity contribution in [3.63, 3.8) is 0 Å². The van der Waals surface area contributed by atoms with E-state index in [1.165, 1.54) is 0 Å². The highest BCUT2D eigenvalue weighted by Gasteiger charge is 2.30. The Labute approximate surface area is 124 Å². The topological polar surface area (TPSA) is 55.1 Å². The summed E-state index contributed by atoms with van der Waals surface area (Å²) in [6.07, 6.45) is 0.698. The summed E-state index contributed by atoms with van der Waals surface area (Å²) >= 11 is 11.8. The first-order valence-corrected chi connectivity index (χ1v) is 7.05. The molecule has 19 heavy (non-hydrogen) atoms. The number of halogens is 2. The van der Waals surface area contributed by atoms with Crippen LogP contribution in [0, 0.1) is 5.41 Å². The normalized spacial score (nSPS) is 15.7. The molecule has 0 saturated heterocycles. The van der Waals surface area contributed by atoms with E-state index in [2.05, 4.69) is 5.32 Å². The van der Waals surface area contributed by atoms with Gasteiger partial charge in [0.25, 0.3) is 0 Å². The lowest BCUT2D eigenvalue weighted by atomic mass is 9.86. The van der Waals surface area contributed by atoms with E-state index in [4.69, 9.17) is 28.9 Å². The maximum Gasteiger partial charge on any atom is 0.227 e. The van der Waals surface area contributed by atoms with Gasteiger partial charge in [-0.2, -0.15) is 0 Å². The Morgan fingerprint density at radius 3 is 2.53 bits per heavy atom. The molecule has 0 spiro atoms. The van der Waals surface area contributed by atoms with E-state index in [1.54, 1.807) is 12.1 Å². The van der Waals surface area contributed by atoms with E-state index in [9.17, 15) is 4.79 Å². The van der Waals surface area contributed by atoms with Gasteiger partial charge in [0.2, 0.25) is 5.91 Å². The third kappa shape index (κ3) is 3.85. The molecule has 0 bridgehead atoms. The predicted octanol–water partition coefficient (Wildman–Crippen LogP) is 3.55. The number of nitrogens with one attached hydrogen (secondary N) is 1. The summed E-state index contributed by atoms with van der Waals surface area (Å²) in [5.41, 5.74) is 6.06. The molecule has 0 saturated carbocycles. The molecule has 0 aliphatic heterocycles. The van der Waals surface area contributed by atoms with E-state index >= 15 is 0 Å². The average molecular weight is 303 g/mol. The van der Waals surface area contributed by atoms with Crippen molar-refractivity contribution in [3.05, 3.63) is 33.8 Å². The van der Waals surface area contributed by atoms with Crippen molar-refractivity contribution in [2.24, 2.45) is 11.1 Å². The first kappa shape index (κ1) is 16.3. The summed E-state index contributed by atoms with van der Waals surface area (Å²) in [7, 11) is 0. The Morgan fingerprint density at radius 1 is 1.42 bits per heavy atom. The number of rotatable bonds is 5. The van der Waals surface area contributed by atoms with Gasteiger partial charge in [-0.1, -0.05) is 36.2 Å². The smallest absolute Gasteiger partial charge is 0.227 e. The molecule has 0 aliphatic rings. The lowest BCUT2D eigenvalue weighted by Gasteiger charge is -2.27. The molecule has 0 heterocycles. The van der Waals surface area contributed by atoms with Gasteiger partial charge in [0, 0.05) is 6.54 Å². The summed E-state index contributed by atoms with van der Waals surface area (Å²) in [6, 6.07) is 5.20. The van der Waals surface area contributed by atoms with E-state index in [1.807, 2.05) is 26.8 Å². The third-order valence-electron chi connectivity index (χ3n) is 3.57. The van der Waals surface area contributed by atoms with Gasteiger partial charge in [-0.25, -0.2) is 0 Å². The standard InChI is InChI=1S/C14H20Cl2N2O/c1-4-14(3,8-17)13(19)18-9(2)10-5-6-11(15)12(16)7-10/h5-7,9H,4,8,17H2,1-3H3,(H,18,19). The second-order valence-corrected chi connectivity index (χ2v) is 5.80. The van der Waals surface area contributed by atoms with Gasteiger partial charge in [-0.15, -0.1) is 0 Å². The molecule has 3 N–H and O–H groups in total. The zero-order chi connectivity index (χ0) is 14.6. The summed E-state index contributed by atoms with van der Waals surface area (Å²) in [6.45, 7) is 6.05. The van der Waals surface area contributed by atoms with E-state index in [0.717, 1.165) is 5.56 Å². The van der Waals surface area contributed by atoms with Crippen LogP contribution in [0.3, 0.4) is 0 Å². The summed E-state index contributed by atoms with van der Waals surface area (Å²) < 4.78 is 0. The number of carbonyl (C=O) groups excluding carboxylic acids is 1. The van der Waals surface area contributed by atoms with E-state index in [0.29, 0.717) is 23.0 Å². The number of benzene rings is 1. The van der Waals surface area contributed by atoms with Crippen LogP contribution in [0.15, 0.2) is 18.2 Å². The molecule has 1 amide bonds. The monoisotopic (exact) mass is 302 g/mol. The molecule has 2 atom stereocenters. The van der Waals surface area contributed by atoms with Gasteiger partial charge in [0.15, 0.2) is 0 Å². The molecule has 0 radical (unpaired) electrons. The largest absolute Gasteiger partial charge is 0.349 e. The zero-order valence-corrected chi connectivity index (χ0v) is 13.0. The Bertz CT molecular complexity index is 459. The van der Waals surface area contributed by atoms with Crippen molar-refractivity contribution >= 4 is 29.1 Å². The highest BCUT2D eigenvalue weighted by molar-refractivity contribution is 6.42. The van der Waals surface area contributed by atoms with Crippen molar-refractivity contribution in [1.29, 1.82) is 0 Å². The molecule has 3 nitrogen and oxygen atoms in total. The maximum absolute atomic E-state index is 12.2. The molecule has 5 heteroatoms. The van der Waals surface area contributed by atoms with Crippen LogP contribution in [0.25, 0.3) is 0 Å².